The number of rotatable bonds is 3. The highest BCUT2D eigenvalue weighted by atomic mass is 35.5. The Hall–Kier alpha value is -3.51. The Morgan fingerprint density at radius 3 is 2.44 bits per heavy atom. The van der Waals surface area contributed by atoms with Crippen LogP contribution in [-0.2, 0) is 17.6 Å². The van der Waals surface area contributed by atoms with Crippen LogP contribution in [0.4, 0.5) is 20.3 Å². The smallest absolute Gasteiger partial charge is 0.237 e. The van der Waals surface area contributed by atoms with E-state index < -0.39 is 11.6 Å². The van der Waals surface area contributed by atoms with Crippen molar-refractivity contribution < 1.29 is 13.6 Å². The SMILES string of the molecule is CCc1cc(F)cc(F)c1.O=C1Cc2cc(-c3cccc(Cl)c3)ccc2N1c1cnc[nH]1. The number of halogens is 3. The van der Waals surface area contributed by atoms with Crippen LogP contribution in [0.5, 0.6) is 0 Å². The fourth-order valence-electron chi connectivity index (χ4n) is 3.62. The van der Waals surface area contributed by atoms with Crippen LogP contribution in [0.3, 0.4) is 0 Å². The van der Waals surface area contributed by atoms with Gasteiger partial charge in [-0.3, -0.25) is 9.69 Å². The second-order valence-electron chi connectivity index (χ2n) is 7.33. The Labute approximate surface area is 189 Å². The van der Waals surface area contributed by atoms with Crippen LogP contribution in [0.15, 0.2) is 73.2 Å². The molecule has 0 bridgehead atoms. The zero-order chi connectivity index (χ0) is 22.7. The van der Waals surface area contributed by atoms with Crippen LogP contribution in [0.1, 0.15) is 18.1 Å². The lowest BCUT2D eigenvalue weighted by molar-refractivity contribution is -0.116. The summed E-state index contributed by atoms with van der Waals surface area (Å²) in [6, 6.07) is 17.3. The van der Waals surface area contributed by atoms with Crippen molar-refractivity contribution in [2.45, 2.75) is 19.8 Å². The van der Waals surface area contributed by atoms with Crippen LogP contribution in [0, 0.1) is 11.6 Å². The van der Waals surface area contributed by atoms with Crippen LogP contribution in [0.25, 0.3) is 11.1 Å². The summed E-state index contributed by atoms with van der Waals surface area (Å²) in [5.74, 6) is -0.268. The van der Waals surface area contributed by atoms with E-state index in [0.717, 1.165) is 28.4 Å². The van der Waals surface area contributed by atoms with Crippen LogP contribution in [0.2, 0.25) is 5.02 Å². The van der Waals surface area contributed by atoms with Crippen LogP contribution >= 0.6 is 11.6 Å². The summed E-state index contributed by atoms with van der Waals surface area (Å²) in [7, 11) is 0. The summed E-state index contributed by atoms with van der Waals surface area (Å²) in [6.07, 6.45) is 4.27. The first kappa shape index (κ1) is 21.7. The Balaban J connectivity index is 0.000000207. The van der Waals surface area contributed by atoms with E-state index in [1.54, 1.807) is 17.4 Å². The second-order valence-corrected chi connectivity index (χ2v) is 7.76. The van der Waals surface area contributed by atoms with E-state index >= 15 is 0 Å². The summed E-state index contributed by atoms with van der Waals surface area (Å²) >= 11 is 6.05. The van der Waals surface area contributed by atoms with Crippen molar-refractivity contribution in [2.75, 3.05) is 4.90 Å². The lowest BCUT2D eigenvalue weighted by Gasteiger charge is -2.15. The molecule has 0 unspecified atom stereocenters. The van der Waals surface area contributed by atoms with Gasteiger partial charge in [0.2, 0.25) is 5.91 Å². The summed E-state index contributed by atoms with van der Waals surface area (Å²) < 4.78 is 24.8. The highest BCUT2D eigenvalue weighted by molar-refractivity contribution is 6.30. The Bertz CT molecular complexity index is 1240. The minimum atomic E-state index is -0.503. The van der Waals surface area contributed by atoms with E-state index in [0.29, 0.717) is 29.2 Å². The Kier molecular flexibility index (Phi) is 6.32. The standard InChI is InChI=1S/C17H12ClN3O.C8H8F2/c18-14-3-1-2-11(7-14)12-4-5-15-13(6-12)8-17(22)21(15)16-9-19-10-20-16;1-2-6-3-7(9)5-8(10)4-6/h1-7,9-10H,8H2,(H,19,20);3-5H,2H2,1H3. The van der Waals surface area contributed by atoms with Gasteiger partial charge in [-0.1, -0.05) is 36.7 Å². The van der Waals surface area contributed by atoms with Crippen LogP contribution in [-0.4, -0.2) is 15.9 Å². The molecule has 0 radical (unpaired) electrons. The zero-order valence-electron chi connectivity index (χ0n) is 17.3. The maximum absolute atomic E-state index is 12.4. The molecule has 7 heteroatoms. The second kappa shape index (κ2) is 9.32. The molecule has 5 rings (SSSR count). The molecule has 0 saturated carbocycles. The molecule has 0 fully saturated rings. The van der Waals surface area contributed by atoms with E-state index in [1.807, 2.05) is 43.3 Å². The third-order valence-corrected chi connectivity index (χ3v) is 5.36. The van der Waals surface area contributed by atoms with Crippen molar-refractivity contribution in [2.24, 2.45) is 0 Å². The fraction of sp³-hybridized carbons (Fsp3) is 0.120. The maximum Gasteiger partial charge on any atom is 0.237 e. The number of carbonyl (C=O) groups excluding carboxylic acids is 1. The highest BCUT2D eigenvalue weighted by Crippen LogP contribution is 2.37. The molecule has 0 saturated heterocycles. The minimum absolute atomic E-state index is 0.0440. The number of imidazole rings is 1. The number of benzene rings is 3. The van der Waals surface area contributed by atoms with Gasteiger partial charge in [0, 0.05) is 11.1 Å². The molecule has 4 aromatic rings. The quantitative estimate of drug-likeness (QED) is 0.387. The first-order chi connectivity index (χ1) is 15.4. The number of H-pyrrole nitrogens is 1. The first-order valence-electron chi connectivity index (χ1n) is 10.1. The molecule has 1 aliphatic heterocycles. The van der Waals surface area contributed by atoms with Gasteiger partial charge in [-0.05, 0) is 65.1 Å². The molecule has 32 heavy (non-hydrogen) atoms. The molecule has 1 aromatic heterocycles. The van der Waals surface area contributed by atoms with Crippen molar-refractivity contribution in [1.29, 1.82) is 0 Å². The number of aryl methyl sites for hydroxylation is 1. The average Bonchev–Trinajstić information content (AvgIpc) is 3.39. The van der Waals surface area contributed by atoms with Crippen molar-refractivity contribution in [3.8, 4) is 11.1 Å². The molecular formula is C25H20ClF2N3O. The normalized spacial score (nSPS) is 12.4. The highest BCUT2D eigenvalue weighted by Gasteiger charge is 2.29. The molecule has 0 atom stereocenters. The summed E-state index contributed by atoms with van der Waals surface area (Å²) in [4.78, 5) is 20.9. The van der Waals surface area contributed by atoms with E-state index in [9.17, 15) is 13.6 Å². The molecular weight excluding hydrogens is 432 g/mol. The average molecular weight is 452 g/mol. The molecule has 4 nitrogen and oxygen atoms in total. The van der Waals surface area contributed by atoms with Gasteiger partial charge in [-0.2, -0.15) is 0 Å². The molecule has 1 aliphatic rings. The number of anilines is 2. The van der Waals surface area contributed by atoms with Gasteiger partial charge in [0.1, 0.15) is 17.5 Å². The number of nitrogens with one attached hydrogen (secondary N) is 1. The summed E-state index contributed by atoms with van der Waals surface area (Å²) in [5.41, 5.74) is 4.71. The minimum Gasteiger partial charge on any atom is -0.331 e. The topological polar surface area (TPSA) is 49.0 Å². The lowest BCUT2D eigenvalue weighted by Crippen LogP contribution is -2.20. The molecule has 162 valence electrons. The number of hydrogen-bond acceptors (Lipinski definition) is 2. The van der Waals surface area contributed by atoms with Gasteiger partial charge in [0.25, 0.3) is 0 Å². The Morgan fingerprint density at radius 2 is 1.78 bits per heavy atom. The van der Waals surface area contributed by atoms with Gasteiger partial charge in [0.05, 0.1) is 24.6 Å². The molecule has 0 spiro atoms. The van der Waals surface area contributed by atoms with E-state index in [1.165, 1.54) is 12.1 Å². The Morgan fingerprint density at radius 1 is 1.03 bits per heavy atom. The van der Waals surface area contributed by atoms with Crippen molar-refractivity contribution in [3.63, 3.8) is 0 Å². The number of hydrogen-bond donors (Lipinski definition) is 1. The number of amides is 1. The van der Waals surface area contributed by atoms with Gasteiger partial charge >= 0.3 is 0 Å². The first-order valence-corrected chi connectivity index (χ1v) is 10.5. The third-order valence-electron chi connectivity index (χ3n) is 5.12. The molecule has 0 aliphatic carbocycles. The van der Waals surface area contributed by atoms with E-state index in [2.05, 4.69) is 16.0 Å². The lowest BCUT2D eigenvalue weighted by atomic mass is 10.0. The van der Waals surface area contributed by atoms with Crippen molar-refractivity contribution in [3.05, 3.63) is 101 Å². The molecule has 1 N–H and O–H groups in total. The fourth-order valence-corrected chi connectivity index (χ4v) is 3.81. The molecule has 2 heterocycles. The summed E-state index contributed by atoms with van der Waals surface area (Å²) in [5, 5.41) is 0.702. The summed E-state index contributed by atoms with van der Waals surface area (Å²) in [6.45, 7) is 1.86. The van der Waals surface area contributed by atoms with Gasteiger partial charge in [-0.15, -0.1) is 0 Å². The van der Waals surface area contributed by atoms with E-state index in [4.69, 9.17) is 11.6 Å². The monoisotopic (exact) mass is 451 g/mol. The van der Waals surface area contributed by atoms with Crippen molar-refractivity contribution in [1.82, 2.24) is 9.97 Å². The van der Waals surface area contributed by atoms with Gasteiger partial charge in [-0.25, -0.2) is 13.8 Å². The maximum atomic E-state index is 12.4. The largest absolute Gasteiger partial charge is 0.331 e. The number of fused-ring (bicyclic) bond motifs is 1. The van der Waals surface area contributed by atoms with E-state index in [-0.39, 0.29) is 5.91 Å². The van der Waals surface area contributed by atoms with Gasteiger partial charge < -0.3 is 4.98 Å². The van der Waals surface area contributed by atoms with Crippen LogP contribution < -0.4 is 4.90 Å². The molecule has 3 aromatic carbocycles. The number of carbonyl (C=O) groups is 1. The third kappa shape index (κ3) is 4.70. The zero-order valence-corrected chi connectivity index (χ0v) is 18.0. The molecule has 1 amide bonds. The predicted octanol–water partition coefficient (Wildman–Crippen LogP) is 6.48. The van der Waals surface area contributed by atoms with Crippen molar-refractivity contribution >= 4 is 29.0 Å². The number of aromatic nitrogens is 2. The number of nitrogens with zero attached hydrogens (tertiary/aromatic N) is 2. The predicted molar refractivity (Wildman–Crippen MR) is 122 cm³/mol. The van der Waals surface area contributed by atoms with Gasteiger partial charge in [0.15, 0.2) is 0 Å². The number of aromatic amines is 1.